The third kappa shape index (κ3) is 5.75. The van der Waals surface area contributed by atoms with E-state index in [1.54, 1.807) is 43.3 Å². The number of ether oxygens (including phenoxy) is 2. The standard InChI is InChI=1S/C18H22N2O5S/c1-3-24-15-6-8-16(9-7-15)25-11-10-18(21)20-14-5-4-13(2)17(12-14)26(19,22)23/h4-9,12H,3,10-11H2,1-2H3,(H,20,21)(H2,19,22,23). The first kappa shape index (κ1) is 19.7. The Morgan fingerprint density at radius 1 is 1.08 bits per heavy atom. The van der Waals surface area contributed by atoms with Crippen molar-refractivity contribution in [2.24, 2.45) is 5.14 Å². The quantitative estimate of drug-likeness (QED) is 0.733. The fourth-order valence-electron chi connectivity index (χ4n) is 2.27. The van der Waals surface area contributed by atoms with Crippen LogP contribution < -0.4 is 19.9 Å². The monoisotopic (exact) mass is 378 g/mol. The normalized spacial score (nSPS) is 11.0. The van der Waals surface area contributed by atoms with Gasteiger partial charge in [0.15, 0.2) is 0 Å². The number of carbonyl (C=O) groups excluding carboxylic acids is 1. The van der Waals surface area contributed by atoms with Gasteiger partial charge >= 0.3 is 0 Å². The van der Waals surface area contributed by atoms with Gasteiger partial charge in [-0.3, -0.25) is 4.79 Å². The van der Waals surface area contributed by atoms with Crippen LogP contribution in [0.25, 0.3) is 0 Å². The summed E-state index contributed by atoms with van der Waals surface area (Å²) in [4.78, 5) is 12.0. The second kappa shape index (κ2) is 8.68. The highest BCUT2D eigenvalue weighted by Gasteiger charge is 2.13. The topological polar surface area (TPSA) is 108 Å². The summed E-state index contributed by atoms with van der Waals surface area (Å²) in [6.45, 7) is 4.32. The second-order valence-electron chi connectivity index (χ2n) is 5.58. The molecule has 3 N–H and O–H groups in total. The van der Waals surface area contributed by atoms with E-state index in [0.29, 0.717) is 23.6 Å². The van der Waals surface area contributed by atoms with Crippen molar-refractivity contribution in [3.8, 4) is 11.5 Å². The number of primary sulfonamides is 1. The minimum atomic E-state index is -3.84. The summed E-state index contributed by atoms with van der Waals surface area (Å²) in [5.41, 5.74) is 0.884. The Morgan fingerprint density at radius 3 is 2.27 bits per heavy atom. The van der Waals surface area contributed by atoms with Crippen LogP contribution >= 0.6 is 0 Å². The van der Waals surface area contributed by atoms with Crippen molar-refractivity contribution in [3.05, 3.63) is 48.0 Å². The van der Waals surface area contributed by atoms with Crippen LogP contribution in [0.3, 0.4) is 0 Å². The zero-order chi connectivity index (χ0) is 19.2. The predicted octanol–water partition coefficient (Wildman–Crippen LogP) is 2.45. The highest BCUT2D eigenvalue weighted by Crippen LogP contribution is 2.20. The first-order chi connectivity index (χ1) is 12.3. The number of hydrogen-bond acceptors (Lipinski definition) is 5. The van der Waals surface area contributed by atoms with Gasteiger partial charge in [-0.15, -0.1) is 0 Å². The molecule has 2 aromatic rings. The van der Waals surface area contributed by atoms with Gasteiger partial charge < -0.3 is 14.8 Å². The van der Waals surface area contributed by atoms with Gasteiger partial charge in [0, 0.05) is 5.69 Å². The Kier molecular flexibility index (Phi) is 6.59. The summed E-state index contributed by atoms with van der Waals surface area (Å²) in [7, 11) is -3.84. The summed E-state index contributed by atoms with van der Waals surface area (Å²) in [5.74, 6) is 1.09. The van der Waals surface area contributed by atoms with Crippen molar-refractivity contribution in [2.75, 3.05) is 18.5 Å². The summed E-state index contributed by atoms with van der Waals surface area (Å²) in [6, 6.07) is 11.7. The Balaban J connectivity index is 1.87. The number of nitrogens with one attached hydrogen (secondary N) is 1. The largest absolute Gasteiger partial charge is 0.494 e. The van der Waals surface area contributed by atoms with Gasteiger partial charge in [-0.2, -0.15) is 0 Å². The SMILES string of the molecule is CCOc1ccc(OCCC(=O)Nc2ccc(C)c(S(N)(=O)=O)c2)cc1. The predicted molar refractivity (Wildman–Crippen MR) is 98.9 cm³/mol. The van der Waals surface area contributed by atoms with Gasteiger partial charge in [-0.1, -0.05) is 6.07 Å². The lowest BCUT2D eigenvalue weighted by atomic mass is 10.2. The van der Waals surface area contributed by atoms with E-state index < -0.39 is 10.0 Å². The van der Waals surface area contributed by atoms with Crippen molar-refractivity contribution < 1.29 is 22.7 Å². The van der Waals surface area contributed by atoms with E-state index in [4.69, 9.17) is 14.6 Å². The van der Waals surface area contributed by atoms with E-state index >= 15 is 0 Å². The van der Waals surface area contributed by atoms with E-state index in [0.717, 1.165) is 5.75 Å². The highest BCUT2D eigenvalue weighted by molar-refractivity contribution is 7.89. The van der Waals surface area contributed by atoms with Crippen molar-refractivity contribution in [2.45, 2.75) is 25.2 Å². The fraction of sp³-hybridized carbons (Fsp3) is 0.278. The molecule has 140 valence electrons. The summed E-state index contributed by atoms with van der Waals surface area (Å²) in [6.07, 6.45) is 0.117. The molecule has 0 spiro atoms. The number of nitrogens with two attached hydrogens (primary N) is 1. The van der Waals surface area contributed by atoms with E-state index in [9.17, 15) is 13.2 Å². The van der Waals surface area contributed by atoms with Gasteiger partial charge in [0.25, 0.3) is 0 Å². The summed E-state index contributed by atoms with van der Waals surface area (Å²) >= 11 is 0. The number of rotatable bonds is 8. The third-order valence-corrected chi connectivity index (χ3v) is 4.56. The molecule has 0 aromatic heterocycles. The maximum atomic E-state index is 12.0. The molecule has 0 fully saturated rings. The number of amides is 1. The minimum Gasteiger partial charge on any atom is -0.494 e. The molecule has 0 bridgehead atoms. The van der Waals surface area contributed by atoms with Crippen molar-refractivity contribution in [1.29, 1.82) is 0 Å². The van der Waals surface area contributed by atoms with Crippen molar-refractivity contribution >= 4 is 21.6 Å². The summed E-state index contributed by atoms with van der Waals surface area (Å²) in [5, 5.41) is 7.80. The van der Waals surface area contributed by atoms with Crippen LogP contribution in [0, 0.1) is 6.92 Å². The molecule has 0 heterocycles. The number of anilines is 1. The fourth-order valence-corrected chi connectivity index (χ4v) is 3.08. The van der Waals surface area contributed by atoms with Crippen LogP contribution in [0.15, 0.2) is 47.4 Å². The highest BCUT2D eigenvalue weighted by atomic mass is 32.2. The van der Waals surface area contributed by atoms with Crippen LogP contribution in [0.2, 0.25) is 0 Å². The molecule has 2 aromatic carbocycles. The minimum absolute atomic E-state index is 0.0130. The second-order valence-corrected chi connectivity index (χ2v) is 7.11. The Labute approximate surface area is 153 Å². The zero-order valence-corrected chi connectivity index (χ0v) is 15.5. The first-order valence-corrected chi connectivity index (χ1v) is 9.63. The van der Waals surface area contributed by atoms with E-state index in [1.807, 2.05) is 6.92 Å². The zero-order valence-electron chi connectivity index (χ0n) is 14.7. The average molecular weight is 378 g/mol. The van der Waals surface area contributed by atoms with Crippen LogP contribution in [0.4, 0.5) is 5.69 Å². The number of aryl methyl sites for hydroxylation is 1. The molecule has 0 saturated carbocycles. The van der Waals surface area contributed by atoms with Gasteiger partial charge in [-0.05, 0) is 55.8 Å². The summed E-state index contributed by atoms with van der Waals surface area (Å²) < 4.78 is 33.9. The number of benzene rings is 2. The molecule has 1 amide bonds. The van der Waals surface area contributed by atoms with Gasteiger partial charge in [0.2, 0.25) is 15.9 Å². The van der Waals surface area contributed by atoms with Crippen LogP contribution in [-0.4, -0.2) is 27.5 Å². The molecule has 8 heteroatoms. The average Bonchev–Trinajstić information content (AvgIpc) is 2.57. The molecule has 0 saturated heterocycles. The van der Waals surface area contributed by atoms with Crippen LogP contribution in [-0.2, 0) is 14.8 Å². The molecule has 0 radical (unpaired) electrons. The molecular formula is C18H22N2O5S. The molecule has 0 aliphatic heterocycles. The molecule has 0 aliphatic rings. The Bertz CT molecular complexity index is 864. The smallest absolute Gasteiger partial charge is 0.238 e. The Morgan fingerprint density at radius 2 is 1.69 bits per heavy atom. The molecule has 0 unspecified atom stereocenters. The molecule has 2 rings (SSSR count). The lowest BCUT2D eigenvalue weighted by Crippen LogP contribution is -2.17. The van der Waals surface area contributed by atoms with E-state index in [-0.39, 0.29) is 23.8 Å². The van der Waals surface area contributed by atoms with Gasteiger partial charge in [0.1, 0.15) is 11.5 Å². The molecular weight excluding hydrogens is 356 g/mol. The van der Waals surface area contributed by atoms with Crippen molar-refractivity contribution in [1.82, 2.24) is 0 Å². The number of carbonyl (C=O) groups is 1. The maximum absolute atomic E-state index is 12.0. The van der Waals surface area contributed by atoms with E-state index in [1.165, 1.54) is 6.07 Å². The molecule has 26 heavy (non-hydrogen) atoms. The van der Waals surface area contributed by atoms with Crippen molar-refractivity contribution in [3.63, 3.8) is 0 Å². The molecule has 0 aliphatic carbocycles. The van der Waals surface area contributed by atoms with Gasteiger partial charge in [0.05, 0.1) is 24.5 Å². The molecule has 7 nitrogen and oxygen atoms in total. The lowest BCUT2D eigenvalue weighted by Gasteiger charge is -2.10. The maximum Gasteiger partial charge on any atom is 0.238 e. The van der Waals surface area contributed by atoms with E-state index in [2.05, 4.69) is 5.32 Å². The van der Waals surface area contributed by atoms with Gasteiger partial charge in [-0.25, -0.2) is 13.6 Å². The first-order valence-electron chi connectivity index (χ1n) is 8.08. The Hall–Kier alpha value is -2.58. The number of hydrogen-bond donors (Lipinski definition) is 2. The lowest BCUT2D eigenvalue weighted by molar-refractivity contribution is -0.116. The van der Waals surface area contributed by atoms with Crippen LogP contribution in [0.1, 0.15) is 18.9 Å². The molecule has 0 atom stereocenters. The third-order valence-electron chi connectivity index (χ3n) is 3.51. The van der Waals surface area contributed by atoms with Crippen LogP contribution in [0.5, 0.6) is 11.5 Å². The number of sulfonamides is 1.